The van der Waals surface area contributed by atoms with E-state index in [1.54, 1.807) is 43.3 Å². The van der Waals surface area contributed by atoms with Crippen molar-refractivity contribution in [3.8, 4) is 0 Å². The first-order valence-corrected chi connectivity index (χ1v) is 8.83. The van der Waals surface area contributed by atoms with Gasteiger partial charge in [0, 0.05) is 5.02 Å². The highest BCUT2D eigenvalue weighted by Crippen LogP contribution is 2.24. The van der Waals surface area contributed by atoms with E-state index in [2.05, 4.69) is 4.98 Å². The Labute approximate surface area is 161 Å². The molecule has 6 nitrogen and oxygen atoms in total. The summed E-state index contributed by atoms with van der Waals surface area (Å²) in [4.78, 5) is 28.2. The minimum absolute atomic E-state index is 0.317. The van der Waals surface area contributed by atoms with Crippen LogP contribution in [0.5, 0.6) is 0 Å². The van der Waals surface area contributed by atoms with Crippen LogP contribution >= 0.6 is 11.6 Å². The number of hydrogen-bond acceptors (Lipinski definition) is 5. The molecule has 1 heterocycles. The third kappa shape index (κ3) is 3.80. The van der Waals surface area contributed by atoms with Gasteiger partial charge in [-0.05, 0) is 49.7 Å². The molecule has 0 N–H and O–H groups in total. The monoisotopic (exact) mass is 386 g/mol. The highest BCUT2D eigenvalue weighted by Gasteiger charge is 2.15. The van der Waals surface area contributed by atoms with Gasteiger partial charge >= 0.3 is 11.9 Å². The van der Waals surface area contributed by atoms with Crippen LogP contribution in [0.2, 0.25) is 5.02 Å². The molecule has 0 amide bonds. The van der Waals surface area contributed by atoms with Gasteiger partial charge in [0.05, 0.1) is 42.4 Å². The van der Waals surface area contributed by atoms with E-state index in [1.807, 2.05) is 11.5 Å². The maximum atomic E-state index is 12.0. The third-order valence-electron chi connectivity index (χ3n) is 4.25. The molecular formula is C20H19ClN2O4. The van der Waals surface area contributed by atoms with Crippen molar-refractivity contribution in [3.63, 3.8) is 0 Å². The number of aryl methyl sites for hydroxylation is 1. The lowest BCUT2D eigenvalue weighted by Crippen LogP contribution is -2.07. The van der Waals surface area contributed by atoms with E-state index in [1.165, 1.54) is 7.11 Å². The Morgan fingerprint density at radius 3 is 2.48 bits per heavy atom. The number of aromatic nitrogens is 2. The van der Waals surface area contributed by atoms with Crippen LogP contribution in [0.25, 0.3) is 11.0 Å². The number of methoxy groups -OCH3 is 1. The average Bonchev–Trinajstić information content (AvgIpc) is 2.97. The van der Waals surface area contributed by atoms with E-state index in [-0.39, 0.29) is 5.97 Å². The molecule has 0 aliphatic rings. The van der Waals surface area contributed by atoms with Crippen molar-refractivity contribution in [2.75, 3.05) is 13.7 Å². The molecule has 0 saturated heterocycles. The first-order chi connectivity index (χ1) is 12.9. The molecule has 0 saturated carbocycles. The number of nitrogens with zero attached hydrogens (tertiary/aromatic N) is 2. The maximum absolute atomic E-state index is 12.0. The number of imidazole rings is 1. The standard InChI is InChI=1S/C20H19ClN2O4/c1-4-27-20(25)14-7-8-17-18(10-14)23(12(2)22-17)11-15-6-5-13(9-16(15)21)19(24)26-3/h5-10H,4,11H2,1-3H3. The van der Waals surface area contributed by atoms with E-state index in [4.69, 9.17) is 21.1 Å². The van der Waals surface area contributed by atoms with Crippen LogP contribution in [0.15, 0.2) is 36.4 Å². The lowest BCUT2D eigenvalue weighted by molar-refractivity contribution is 0.0525. The second kappa shape index (κ2) is 7.80. The fraction of sp³-hybridized carbons (Fsp3) is 0.250. The van der Waals surface area contributed by atoms with Crippen molar-refractivity contribution >= 4 is 34.6 Å². The molecule has 0 spiro atoms. The first kappa shape index (κ1) is 18.9. The lowest BCUT2D eigenvalue weighted by Gasteiger charge is -2.10. The molecule has 0 aliphatic carbocycles. The van der Waals surface area contributed by atoms with Crippen molar-refractivity contribution in [2.45, 2.75) is 20.4 Å². The van der Waals surface area contributed by atoms with Crippen LogP contribution < -0.4 is 0 Å². The van der Waals surface area contributed by atoms with Crippen LogP contribution in [-0.2, 0) is 16.0 Å². The fourth-order valence-electron chi connectivity index (χ4n) is 2.87. The smallest absolute Gasteiger partial charge is 0.338 e. The van der Waals surface area contributed by atoms with Gasteiger partial charge in [0.1, 0.15) is 5.82 Å². The summed E-state index contributed by atoms with van der Waals surface area (Å²) in [6, 6.07) is 10.3. The quantitative estimate of drug-likeness (QED) is 0.619. The summed E-state index contributed by atoms with van der Waals surface area (Å²) < 4.78 is 11.8. The van der Waals surface area contributed by atoms with E-state index in [0.29, 0.717) is 29.3 Å². The molecule has 0 aliphatic heterocycles. The minimum Gasteiger partial charge on any atom is -0.465 e. The number of ether oxygens (including phenoxy) is 2. The maximum Gasteiger partial charge on any atom is 0.338 e. The molecule has 27 heavy (non-hydrogen) atoms. The number of esters is 2. The summed E-state index contributed by atoms with van der Waals surface area (Å²) in [5, 5.41) is 0.459. The SMILES string of the molecule is CCOC(=O)c1ccc2nc(C)n(Cc3ccc(C(=O)OC)cc3Cl)c2c1. The van der Waals surface area contributed by atoms with Gasteiger partial charge in [0.25, 0.3) is 0 Å². The number of halogens is 1. The Balaban J connectivity index is 1.99. The van der Waals surface area contributed by atoms with Gasteiger partial charge in [-0.2, -0.15) is 0 Å². The van der Waals surface area contributed by atoms with Crippen molar-refractivity contribution in [1.29, 1.82) is 0 Å². The zero-order valence-corrected chi connectivity index (χ0v) is 16.0. The van der Waals surface area contributed by atoms with Crippen molar-refractivity contribution in [3.05, 3.63) is 63.9 Å². The predicted octanol–water partition coefficient (Wildman–Crippen LogP) is 4.01. The average molecular weight is 387 g/mol. The zero-order chi connectivity index (χ0) is 19.6. The van der Waals surface area contributed by atoms with Gasteiger partial charge in [0.15, 0.2) is 0 Å². The van der Waals surface area contributed by atoms with Crippen LogP contribution in [0.3, 0.4) is 0 Å². The highest BCUT2D eigenvalue weighted by molar-refractivity contribution is 6.31. The highest BCUT2D eigenvalue weighted by atomic mass is 35.5. The molecule has 7 heteroatoms. The Kier molecular flexibility index (Phi) is 5.46. The van der Waals surface area contributed by atoms with E-state index < -0.39 is 5.97 Å². The van der Waals surface area contributed by atoms with E-state index in [0.717, 1.165) is 22.4 Å². The number of carbonyl (C=O) groups excluding carboxylic acids is 2. The molecule has 0 fully saturated rings. The summed E-state index contributed by atoms with van der Waals surface area (Å²) in [5.74, 6) is -0.0174. The van der Waals surface area contributed by atoms with Crippen LogP contribution in [0.1, 0.15) is 39.0 Å². The third-order valence-corrected chi connectivity index (χ3v) is 4.60. The van der Waals surface area contributed by atoms with Gasteiger partial charge in [-0.25, -0.2) is 14.6 Å². The second-order valence-electron chi connectivity index (χ2n) is 5.97. The Hall–Kier alpha value is -2.86. The molecule has 0 atom stereocenters. The van der Waals surface area contributed by atoms with Gasteiger partial charge < -0.3 is 14.0 Å². The molecule has 1 aromatic heterocycles. The Bertz CT molecular complexity index is 1030. The molecule has 3 aromatic rings. The fourth-order valence-corrected chi connectivity index (χ4v) is 3.12. The van der Waals surface area contributed by atoms with Gasteiger partial charge in [-0.3, -0.25) is 0 Å². The largest absolute Gasteiger partial charge is 0.465 e. The normalized spacial score (nSPS) is 10.8. The van der Waals surface area contributed by atoms with Crippen LogP contribution in [0, 0.1) is 6.92 Å². The van der Waals surface area contributed by atoms with Crippen LogP contribution in [-0.4, -0.2) is 35.2 Å². The molecule has 0 radical (unpaired) electrons. The summed E-state index contributed by atoms with van der Waals surface area (Å²) in [6.07, 6.45) is 0. The van der Waals surface area contributed by atoms with Gasteiger partial charge in [-0.15, -0.1) is 0 Å². The van der Waals surface area contributed by atoms with Gasteiger partial charge in [-0.1, -0.05) is 17.7 Å². The predicted molar refractivity (Wildman–Crippen MR) is 102 cm³/mol. The number of benzene rings is 2. The zero-order valence-electron chi connectivity index (χ0n) is 15.3. The van der Waals surface area contributed by atoms with Crippen molar-refractivity contribution < 1.29 is 19.1 Å². The summed E-state index contributed by atoms with van der Waals surface area (Å²) in [6.45, 7) is 4.43. The summed E-state index contributed by atoms with van der Waals surface area (Å²) >= 11 is 6.36. The van der Waals surface area contributed by atoms with Crippen molar-refractivity contribution in [1.82, 2.24) is 9.55 Å². The number of carbonyl (C=O) groups is 2. The Morgan fingerprint density at radius 2 is 1.81 bits per heavy atom. The topological polar surface area (TPSA) is 70.4 Å². The molecule has 0 bridgehead atoms. The molecule has 3 rings (SSSR count). The lowest BCUT2D eigenvalue weighted by atomic mass is 10.1. The summed E-state index contributed by atoms with van der Waals surface area (Å²) in [5.41, 5.74) is 3.28. The second-order valence-corrected chi connectivity index (χ2v) is 6.37. The van der Waals surface area contributed by atoms with Gasteiger partial charge in [0.2, 0.25) is 0 Å². The Morgan fingerprint density at radius 1 is 1.11 bits per heavy atom. The molecule has 0 unspecified atom stereocenters. The number of hydrogen-bond donors (Lipinski definition) is 0. The first-order valence-electron chi connectivity index (χ1n) is 8.45. The molecule has 140 valence electrons. The van der Waals surface area contributed by atoms with E-state index >= 15 is 0 Å². The summed E-state index contributed by atoms with van der Waals surface area (Å²) in [7, 11) is 1.33. The minimum atomic E-state index is -0.438. The molecule has 2 aromatic carbocycles. The van der Waals surface area contributed by atoms with Crippen molar-refractivity contribution in [2.24, 2.45) is 0 Å². The molecular weight excluding hydrogens is 368 g/mol. The number of rotatable bonds is 5. The van der Waals surface area contributed by atoms with Crippen LogP contribution in [0.4, 0.5) is 0 Å². The number of fused-ring (bicyclic) bond motifs is 1. The van der Waals surface area contributed by atoms with E-state index in [9.17, 15) is 9.59 Å².